The van der Waals surface area contributed by atoms with Gasteiger partial charge >= 0.3 is 0 Å². The van der Waals surface area contributed by atoms with Crippen LogP contribution >= 0.6 is 11.8 Å². The average molecular weight is 327 g/mol. The van der Waals surface area contributed by atoms with Gasteiger partial charge in [-0.1, -0.05) is 23.9 Å². The molecule has 1 fully saturated rings. The van der Waals surface area contributed by atoms with Crippen molar-refractivity contribution >= 4 is 23.4 Å². The van der Waals surface area contributed by atoms with Gasteiger partial charge in [-0.05, 0) is 68.1 Å². The van der Waals surface area contributed by atoms with Gasteiger partial charge in [-0.15, -0.1) is 0 Å². The van der Waals surface area contributed by atoms with Crippen molar-refractivity contribution in [3.05, 3.63) is 53.6 Å². The molecular formula is C19H21NO2S. The fraction of sp³-hybridized carbons (Fsp3) is 0.316. The molecule has 0 spiro atoms. The summed E-state index contributed by atoms with van der Waals surface area (Å²) >= 11 is 1.74. The molecule has 1 saturated heterocycles. The first-order valence-corrected chi connectivity index (χ1v) is 8.71. The number of ether oxygens (including phenoxy) is 1. The summed E-state index contributed by atoms with van der Waals surface area (Å²) in [7, 11) is 0. The summed E-state index contributed by atoms with van der Waals surface area (Å²) in [4.78, 5) is 14.5. The predicted molar refractivity (Wildman–Crippen MR) is 94.1 cm³/mol. The zero-order valence-electron chi connectivity index (χ0n) is 13.5. The van der Waals surface area contributed by atoms with E-state index in [9.17, 15) is 4.79 Å². The maximum absolute atomic E-state index is 12.0. The molecule has 0 aromatic heterocycles. The molecule has 120 valence electrons. The summed E-state index contributed by atoms with van der Waals surface area (Å²) in [5, 5.41) is 2.92. The van der Waals surface area contributed by atoms with Crippen LogP contribution in [0, 0.1) is 13.8 Å². The molecule has 0 bridgehead atoms. The van der Waals surface area contributed by atoms with Crippen LogP contribution in [0.5, 0.6) is 0 Å². The van der Waals surface area contributed by atoms with Gasteiger partial charge in [0.2, 0.25) is 0 Å². The van der Waals surface area contributed by atoms with E-state index in [0.29, 0.717) is 6.61 Å². The van der Waals surface area contributed by atoms with Crippen LogP contribution in [0.25, 0.3) is 0 Å². The Labute approximate surface area is 141 Å². The number of benzene rings is 2. The van der Waals surface area contributed by atoms with Crippen LogP contribution in [0.3, 0.4) is 0 Å². The predicted octanol–water partition coefficient (Wildman–Crippen LogP) is 4.57. The quantitative estimate of drug-likeness (QED) is 0.894. The number of hydrogen-bond donors (Lipinski definition) is 1. The van der Waals surface area contributed by atoms with E-state index < -0.39 is 0 Å². The zero-order chi connectivity index (χ0) is 16.2. The van der Waals surface area contributed by atoms with Gasteiger partial charge in [0, 0.05) is 22.1 Å². The second-order valence-electron chi connectivity index (χ2n) is 5.89. The van der Waals surface area contributed by atoms with Crippen molar-refractivity contribution in [2.24, 2.45) is 0 Å². The number of aryl methyl sites for hydroxylation is 2. The van der Waals surface area contributed by atoms with Crippen LogP contribution in [0.2, 0.25) is 0 Å². The highest BCUT2D eigenvalue weighted by Crippen LogP contribution is 2.31. The first kappa shape index (κ1) is 16.1. The van der Waals surface area contributed by atoms with E-state index in [0.717, 1.165) is 23.4 Å². The lowest BCUT2D eigenvalue weighted by atomic mass is 10.2. The molecule has 1 amide bonds. The molecule has 1 aliphatic heterocycles. The highest BCUT2D eigenvalue weighted by atomic mass is 32.2. The van der Waals surface area contributed by atoms with Crippen LogP contribution < -0.4 is 5.32 Å². The van der Waals surface area contributed by atoms with E-state index in [1.165, 1.54) is 16.0 Å². The Morgan fingerprint density at radius 1 is 1.17 bits per heavy atom. The van der Waals surface area contributed by atoms with Crippen molar-refractivity contribution in [1.29, 1.82) is 0 Å². The van der Waals surface area contributed by atoms with Crippen LogP contribution in [-0.4, -0.2) is 18.6 Å². The second-order valence-corrected chi connectivity index (χ2v) is 7.00. The second kappa shape index (κ2) is 7.20. The fourth-order valence-corrected chi connectivity index (χ4v) is 3.56. The lowest BCUT2D eigenvalue weighted by molar-refractivity contribution is -0.124. The molecule has 2 aromatic carbocycles. The minimum Gasteiger partial charge on any atom is -0.368 e. The molecule has 23 heavy (non-hydrogen) atoms. The summed E-state index contributed by atoms with van der Waals surface area (Å²) in [5.74, 6) is -0.0440. The van der Waals surface area contributed by atoms with Crippen molar-refractivity contribution in [3.8, 4) is 0 Å². The molecule has 4 heteroatoms. The Morgan fingerprint density at radius 2 is 1.96 bits per heavy atom. The van der Waals surface area contributed by atoms with Gasteiger partial charge in [0.25, 0.3) is 5.91 Å². The Hall–Kier alpha value is -1.78. The molecule has 1 N–H and O–H groups in total. The number of anilines is 1. The summed E-state index contributed by atoms with van der Waals surface area (Å²) in [6.07, 6.45) is 1.48. The first-order chi connectivity index (χ1) is 11.1. The van der Waals surface area contributed by atoms with Crippen molar-refractivity contribution in [2.75, 3.05) is 11.9 Å². The van der Waals surface area contributed by atoms with E-state index in [-0.39, 0.29) is 12.0 Å². The van der Waals surface area contributed by atoms with Crippen LogP contribution in [-0.2, 0) is 9.53 Å². The third-order valence-corrected chi connectivity index (χ3v) is 5.08. The molecule has 0 radical (unpaired) electrons. The van der Waals surface area contributed by atoms with Crippen molar-refractivity contribution in [2.45, 2.75) is 42.6 Å². The maximum Gasteiger partial charge on any atom is 0.253 e. The third kappa shape index (κ3) is 4.15. The van der Waals surface area contributed by atoms with E-state index in [2.05, 4.69) is 37.4 Å². The average Bonchev–Trinajstić information content (AvgIpc) is 3.07. The third-order valence-electron chi connectivity index (χ3n) is 3.92. The van der Waals surface area contributed by atoms with E-state index in [1.54, 1.807) is 11.8 Å². The van der Waals surface area contributed by atoms with E-state index in [1.807, 2.05) is 24.3 Å². The first-order valence-electron chi connectivity index (χ1n) is 7.89. The number of hydrogen-bond acceptors (Lipinski definition) is 3. The van der Waals surface area contributed by atoms with Gasteiger partial charge in [0.05, 0.1) is 0 Å². The number of amides is 1. The van der Waals surface area contributed by atoms with E-state index >= 15 is 0 Å². The van der Waals surface area contributed by atoms with Gasteiger partial charge in [-0.25, -0.2) is 0 Å². The molecular weight excluding hydrogens is 306 g/mol. The Morgan fingerprint density at radius 3 is 2.65 bits per heavy atom. The van der Waals surface area contributed by atoms with Gasteiger partial charge in [-0.2, -0.15) is 0 Å². The van der Waals surface area contributed by atoms with Gasteiger partial charge < -0.3 is 10.1 Å². The molecule has 1 atom stereocenters. The summed E-state index contributed by atoms with van der Waals surface area (Å²) in [5.41, 5.74) is 3.35. The number of carbonyl (C=O) groups is 1. The Bertz CT molecular complexity index is 691. The molecule has 2 aromatic rings. The number of nitrogens with one attached hydrogen (secondary N) is 1. The topological polar surface area (TPSA) is 38.3 Å². The number of carbonyl (C=O) groups excluding carboxylic acids is 1. The van der Waals surface area contributed by atoms with E-state index in [4.69, 9.17) is 4.74 Å². The monoisotopic (exact) mass is 327 g/mol. The van der Waals surface area contributed by atoms with Crippen molar-refractivity contribution in [1.82, 2.24) is 0 Å². The van der Waals surface area contributed by atoms with Crippen LogP contribution in [0.1, 0.15) is 24.0 Å². The zero-order valence-corrected chi connectivity index (χ0v) is 14.3. The smallest absolute Gasteiger partial charge is 0.253 e. The number of rotatable bonds is 4. The van der Waals surface area contributed by atoms with Gasteiger partial charge in [-0.3, -0.25) is 4.79 Å². The lowest BCUT2D eigenvalue weighted by Gasteiger charge is -2.11. The Balaban J connectivity index is 1.64. The molecule has 1 unspecified atom stereocenters. The van der Waals surface area contributed by atoms with Crippen molar-refractivity contribution in [3.63, 3.8) is 0 Å². The lowest BCUT2D eigenvalue weighted by Crippen LogP contribution is -2.26. The molecule has 1 aliphatic rings. The molecule has 3 rings (SSSR count). The minimum absolute atomic E-state index is 0.0440. The molecule has 0 saturated carbocycles. The standard InChI is InChI=1S/C19H21NO2S/c1-13-5-6-14(2)18(12-13)23-16-9-7-15(8-10-16)20-19(21)17-4-3-11-22-17/h5-10,12,17H,3-4,11H2,1-2H3,(H,20,21). The maximum atomic E-state index is 12.0. The van der Waals surface area contributed by atoms with Gasteiger partial charge in [0.15, 0.2) is 0 Å². The fourth-order valence-electron chi connectivity index (χ4n) is 2.56. The van der Waals surface area contributed by atoms with Gasteiger partial charge in [0.1, 0.15) is 6.10 Å². The summed E-state index contributed by atoms with van der Waals surface area (Å²) < 4.78 is 5.40. The highest BCUT2D eigenvalue weighted by molar-refractivity contribution is 7.99. The largest absolute Gasteiger partial charge is 0.368 e. The van der Waals surface area contributed by atoms with Crippen LogP contribution in [0.4, 0.5) is 5.69 Å². The highest BCUT2D eigenvalue weighted by Gasteiger charge is 2.23. The summed E-state index contributed by atoms with van der Waals surface area (Å²) in [6, 6.07) is 14.4. The molecule has 3 nitrogen and oxygen atoms in total. The summed E-state index contributed by atoms with van der Waals surface area (Å²) in [6.45, 7) is 4.91. The normalized spacial score (nSPS) is 17.2. The Kier molecular flexibility index (Phi) is 5.03. The van der Waals surface area contributed by atoms with Crippen molar-refractivity contribution < 1.29 is 9.53 Å². The van der Waals surface area contributed by atoms with Crippen LogP contribution in [0.15, 0.2) is 52.3 Å². The molecule has 0 aliphatic carbocycles. The molecule has 1 heterocycles. The SMILES string of the molecule is Cc1ccc(C)c(Sc2ccc(NC(=O)C3CCCO3)cc2)c1. The minimum atomic E-state index is -0.293.